The first-order valence-electron chi connectivity index (χ1n) is 6.08. The van der Waals surface area contributed by atoms with Crippen LogP contribution in [-0.2, 0) is 0 Å². The first kappa shape index (κ1) is 13.1. The molecule has 2 atom stereocenters. The molecule has 4 heteroatoms. The Kier molecular flexibility index (Phi) is 3.99. The molecule has 2 aromatic heterocycles. The zero-order valence-corrected chi connectivity index (χ0v) is 11.8. The van der Waals surface area contributed by atoms with Crippen molar-refractivity contribution in [3.05, 3.63) is 46.3 Å². The predicted octanol–water partition coefficient (Wildman–Crippen LogP) is 3.36. The van der Waals surface area contributed by atoms with E-state index < -0.39 is 0 Å². The number of aromatic nitrogens is 1. The lowest BCUT2D eigenvalue weighted by Crippen LogP contribution is -2.24. The van der Waals surface area contributed by atoms with Gasteiger partial charge in [0.15, 0.2) is 0 Å². The summed E-state index contributed by atoms with van der Waals surface area (Å²) >= 11 is 1.77. The van der Waals surface area contributed by atoms with E-state index >= 15 is 0 Å². The lowest BCUT2D eigenvalue weighted by molar-refractivity contribution is 0.720. The molecule has 2 heterocycles. The van der Waals surface area contributed by atoms with Gasteiger partial charge in [-0.1, -0.05) is 12.1 Å². The van der Waals surface area contributed by atoms with Crippen molar-refractivity contribution in [2.45, 2.75) is 25.9 Å². The zero-order chi connectivity index (χ0) is 13.1. The summed E-state index contributed by atoms with van der Waals surface area (Å²) in [6, 6.07) is 8.51. The van der Waals surface area contributed by atoms with Gasteiger partial charge in [-0.05, 0) is 31.4 Å². The van der Waals surface area contributed by atoms with Crippen LogP contribution in [0.2, 0.25) is 0 Å². The molecule has 0 aromatic carbocycles. The molecule has 2 unspecified atom stereocenters. The van der Waals surface area contributed by atoms with Gasteiger partial charge in [0.2, 0.25) is 0 Å². The van der Waals surface area contributed by atoms with Crippen molar-refractivity contribution < 1.29 is 0 Å². The van der Waals surface area contributed by atoms with Gasteiger partial charge in [-0.2, -0.15) is 0 Å². The normalized spacial score (nSPS) is 14.2. The minimum absolute atomic E-state index is 0.00770. The summed E-state index contributed by atoms with van der Waals surface area (Å²) in [5.74, 6) is 0.966. The minimum Gasteiger partial charge on any atom is -0.352 e. The summed E-state index contributed by atoms with van der Waals surface area (Å²) in [7, 11) is 2.07. The van der Waals surface area contributed by atoms with Crippen molar-refractivity contribution in [1.29, 1.82) is 0 Å². The predicted molar refractivity (Wildman–Crippen MR) is 78.0 cm³/mol. The van der Waals surface area contributed by atoms with Crippen molar-refractivity contribution in [3.8, 4) is 0 Å². The van der Waals surface area contributed by atoms with E-state index in [1.807, 2.05) is 25.3 Å². The maximum atomic E-state index is 6.01. The molecule has 2 aromatic rings. The van der Waals surface area contributed by atoms with Crippen LogP contribution in [0.1, 0.15) is 36.4 Å². The van der Waals surface area contributed by atoms with Gasteiger partial charge in [0.05, 0.1) is 6.04 Å². The third-order valence-electron chi connectivity index (χ3n) is 3.18. The fourth-order valence-electron chi connectivity index (χ4n) is 1.96. The maximum absolute atomic E-state index is 6.01. The van der Waals surface area contributed by atoms with Gasteiger partial charge in [0.25, 0.3) is 0 Å². The topological polar surface area (TPSA) is 42.1 Å². The lowest BCUT2D eigenvalue weighted by Gasteiger charge is -2.28. The van der Waals surface area contributed by atoms with Crippen LogP contribution in [0.3, 0.4) is 0 Å². The van der Waals surface area contributed by atoms with Crippen molar-refractivity contribution in [2.75, 3.05) is 11.9 Å². The van der Waals surface area contributed by atoms with E-state index in [-0.39, 0.29) is 6.04 Å². The molecule has 2 rings (SSSR count). The Bertz CT molecular complexity index is 494. The Morgan fingerprint density at radius 3 is 2.67 bits per heavy atom. The summed E-state index contributed by atoms with van der Waals surface area (Å²) in [6.07, 6.45) is 1.82. The first-order valence-corrected chi connectivity index (χ1v) is 6.96. The molecule has 0 amide bonds. The fourth-order valence-corrected chi connectivity index (χ4v) is 2.79. The second-order valence-corrected chi connectivity index (χ2v) is 5.49. The van der Waals surface area contributed by atoms with Crippen LogP contribution < -0.4 is 10.6 Å². The van der Waals surface area contributed by atoms with Gasteiger partial charge < -0.3 is 10.6 Å². The summed E-state index contributed by atoms with van der Waals surface area (Å²) in [6.45, 7) is 4.18. The summed E-state index contributed by atoms with van der Waals surface area (Å²) < 4.78 is 0. The van der Waals surface area contributed by atoms with E-state index in [0.717, 1.165) is 11.4 Å². The van der Waals surface area contributed by atoms with Crippen LogP contribution in [0.15, 0.2) is 35.8 Å². The summed E-state index contributed by atoms with van der Waals surface area (Å²) in [4.78, 5) is 8.00. The molecule has 0 aliphatic carbocycles. The highest BCUT2D eigenvalue weighted by molar-refractivity contribution is 7.10. The van der Waals surface area contributed by atoms with Gasteiger partial charge in [0.1, 0.15) is 5.82 Å². The SMILES string of the molecule is CC(N)c1cccnc1N(C)C(C)c1cccs1. The summed E-state index contributed by atoms with van der Waals surface area (Å²) in [5, 5.41) is 2.10. The Hall–Kier alpha value is -1.39. The molecule has 0 aliphatic heterocycles. The van der Waals surface area contributed by atoms with Crippen LogP contribution in [0, 0.1) is 0 Å². The monoisotopic (exact) mass is 261 g/mol. The van der Waals surface area contributed by atoms with E-state index in [1.165, 1.54) is 4.88 Å². The number of nitrogens with two attached hydrogens (primary N) is 1. The highest BCUT2D eigenvalue weighted by Gasteiger charge is 2.18. The van der Waals surface area contributed by atoms with E-state index in [4.69, 9.17) is 5.73 Å². The Morgan fingerprint density at radius 2 is 2.06 bits per heavy atom. The van der Waals surface area contributed by atoms with Crippen LogP contribution in [0.5, 0.6) is 0 Å². The Morgan fingerprint density at radius 1 is 1.28 bits per heavy atom. The van der Waals surface area contributed by atoms with Gasteiger partial charge in [-0.25, -0.2) is 4.98 Å². The number of anilines is 1. The minimum atomic E-state index is -0.00770. The van der Waals surface area contributed by atoms with Gasteiger partial charge in [0, 0.05) is 29.7 Å². The number of pyridine rings is 1. The molecule has 0 saturated heterocycles. The molecule has 0 radical (unpaired) electrons. The molecular weight excluding hydrogens is 242 g/mol. The van der Waals surface area contributed by atoms with Gasteiger partial charge in [-0.3, -0.25) is 0 Å². The van der Waals surface area contributed by atoms with E-state index in [0.29, 0.717) is 6.04 Å². The fraction of sp³-hybridized carbons (Fsp3) is 0.357. The smallest absolute Gasteiger partial charge is 0.133 e. The van der Waals surface area contributed by atoms with Crippen LogP contribution in [0.25, 0.3) is 0 Å². The number of hydrogen-bond acceptors (Lipinski definition) is 4. The van der Waals surface area contributed by atoms with Crippen molar-refractivity contribution in [3.63, 3.8) is 0 Å². The van der Waals surface area contributed by atoms with Crippen LogP contribution >= 0.6 is 11.3 Å². The third kappa shape index (κ3) is 2.54. The molecule has 0 aliphatic rings. The standard InChI is InChI=1S/C14H19N3S/c1-10(15)12-6-4-8-16-14(12)17(3)11(2)13-7-5-9-18-13/h4-11H,15H2,1-3H3. The average Bonchev–Trinajstić information content (AvgIpc) is 2.90. The average molecular weight is 261 g/mol. The molecular formula is C14H19N3S. The summed E-state index contributed by atoms with van der Waals surface area (Å²) in [5.41, 5.74) is 7.09. The molecule has 2 N–H and O–H groups in total. The highest BCUT2D eigenvalue weighted by atomic mass is 32.1. The first-order chi connectivity index (χ1) is 8.61. The highest BCUT2D eigenvalue weighted by Crippen LogP contribution is 2.30. The van der Waals surface area contributed by atoms with Crippen molar-refractivity contribution in [2.24, 2.45) is 5.73 Å². The van der Waals surface area contributed by atoms with E-state index in [2.05, 4.69) is 41.4 Å². The number of rotatable bonds is 4. The van der Waals surface area contributed by atoms with Crippen LogP contribution in [0.4, 0.5) is 5.82 Å². The number of thiophene rings is 1. The molecule has 0 spiro atoms. The number of nitrogens with zero attached hydrogens (tertiary/aromatic N) is 2. The lowest BCUT2D eigenvalue weighted by atomic mass is 10.1. The zero-order valence-electron chi connectivity index (χ0n) is 11.0. The Labute approximate surface area is 112 Å². The van der Waals surface area contributed by atoms with Gasteiger partial charge >= 0.3 is 0 Å². The van der Waals surface area contributed by atoms with E-state index in [9.17, 15) is 0 Å². The molecule has 3 nitrogen and oxygen atoms in total. The molecule has 0 bridgehead atoms. The van der Waals surface area contributed by atoms with Crippen molar-refractivity contribution in [1.82, 2.24) is 4.98 Å². The maximum Gasteiger partial charge on any atom is 0.133 e. The quantitative estimate of drug-likeness (QED) is 0.917. The molecule has 0 saturated carbocycles. The number of hydrogen-bond donors (Lipinski definition) is 1. The molecule has 18 heavy (non-hydrogen) atoms. The molecule has 0 fully saturated rings. The van der Waals surface area contributed by atoms with Gasteiger partial charge in [-0.15, -0.1) is 11.3 Å². The van der Waals surface area contributed by atoms with E-state index in [1.54, 1.807) is 11.3 Å². The largest absolute Gasteiger partial charge is 0.352 e. The second-order valence-electron chi connectivity index (χ2n) is 4.51. The second kappa shape index (κ2) is 5.50. The Balaban J connectivity index is 2.31. The third-order valence-corrected chi connectivity index (χ3v) is 4.22. The van der Waals surface area contributed by atoms with Crippen molar-refractivity contribution >= 4 is 17.2 Å². The van der Waals surface area contributed by atoms with Crippen LogP contribution in [-0.4, -0.2) is 12.0 Å². The molecule has 96 valence electrons.